The summed E-state index contributed by atoms with van der Waals surface area (Å²) in [5, 5.41) is 8.96. The maximum atomic E-state index is 8.96. The van der Waals surface area contributed by atoms with Gasteiger partial charge in [-0.2, -0.15) is 0 Å². The molecule has 3 N–H and O–H groups in total. The van der Waals surface area contributed by atoms with Crippen LogP contribution in [0.3, 0.4) is 0 Å². The van der Waals surface area contributed by atoms with Crippen LogP contribution in [0.2, 0.25) is 0 Å². The van der Waals surface area contributed by atoms with Gasteiger partial charge in [-0.3, -0.25) is 0 Å². The Morgan fingerprint density at radius 3 is 2.77 bits per heavy atom. The Kier molecular flexibility index (Phi) is 2.80. The van der Waals surface area contributed by atoms with E-state index in [0.29, 0.717) is 17.9 Å². The number of nitrogen functional groups attached to an aromatic ring is 1. The van der Waals surface area contributed by atoms with Gasteiger partial charge in [-0.05, 0) is 17.7 Å². The molecule has 3 nitrogen and oxygen atoms in total. The van der Waals surface area contributed by atoms with Gasteiger partial charge in [0.05, 0.1) is 18.6 Å². The molecule has 1 aromatic carbocycles. The number of rotatable bonds is 3. The number of aliphatic hydroxyl groups is 1. The number of methoxy groups -OCH3 is 1. The molecule has 1 rings (SSSR count). The molecule has 0 aliphatic rings. The van der Waals surface area contributed by atoms with E-state index in [4.69, 9.17) is 15.6 Å². The van der Waals surface area contributed by atoms with E-state index in [2.05, 4.69) is 6.58 Å². The minimum atomic E-state index is 0.129. The lowest BCUT2D eigenvalue weighted by molar-refractivity contribution is 0.401. The van der Waals surface area contributed by atoms with Gasteiger partial charge in [-0.1, -0.05) is 12.6 Å². The van der Waals surface area contributed by atoms with Crippen molar-refractivity contribution in [1.29, 1.82) is 0 Å². The highest BCUT2D eigenvalue weighted by Gasteiger charge is 2.01. The van der Waals surface area contributed by atoms with E-state index < -0.39 is 0 Å². The van der Waals surface area contributed by atoms with Gasteiger partial charge in [0.2, 0.25) is 0 Å². The lowest BCUT2D eigenvalue weighted by Gasteiger charge is -2.06. The number of allylic oxidation sites excluding steroid dienone is 1. The third kappa shape index (κ3) is 2.40. The molecule has 3 heteroatoms. The van der Waals surface area contributed by atoms with Crippen molar-refractivity contribution >= 4 is 5.69 Å². The van der Waals surface area contributed by atoms with E-state index in [9.17, 15) is 0 Å². The monoisotopic (exact) mass is 179 g/mol. The number of hydrogen-bond acceptors (Lipinski definition) is 3. The van der Waals surface area contributed by atoms with Crippen LogP contribution in [0.15, 0.2) is 30.5 Å². The smallest absolute Gasteiger partial charge is 0.141 e. The van der Waals surface area contributed by atoms with E-state index in [1.165, 1.54) is 0 Å². The number of benzene rings is 1. The molecule has 0 aliphatic carbocycles. The van der Waals surface area contributed by atoms with Crippen molar-refractivity contribution in [3.8, 4) is 5.75 Å². The fourth-order valence-electron chi connectivity index (χ4n) is 1.13. The average Bonchev–Trinajstić information content (AvgIpc) is 2.03. The molecule has 0 saturated carbocycles. The number of nitrogens with two attached hydrogens (primary N) is 1. The van der Waals surface area contributed by atoms with E-state index in [1.54, 1.807) is 19.2 Å². The average molecular weight is 179 g/mol. The standard InChI is InChI=1S/C10H13NO2/c1-7(12)5-8-3-4-10(13-2)9(11)6-8/h3-4,6,12H,1,5,11H2,2H3. The lowest BCUT2D eigenvalue weighted by Crippen LogP contribution is -1.95. The van der Waals surface area contributed by atoms with Crippen LogP contribution >= 0.6 is 0 Å². The van der Waals surface area contributed by atoms with Crippen molar-refractivity contribution in [2.75, 3.05) is 12.8 Å². The van der Waals surface area contributed by atoms with Crippen molar-refractivity contribution in [3.05, 3.63) is 36.1 Å². The summed E-state index contributed by atoms with van der Waals surface area (Å²) >= 11 is 0. The number of ether oxygens (including phenoxy) is 1. The zero-order chi connectivity index (χ0) is 9.84. The Labute approximate surface area is 77.4 Å². The summed E-state index contributed by atoms with van der Waals surface area (Å²) in [6.45, 7) is 3.41. The first-order valence-corrected chi connectivity index (χ1v) is 3.92. The molecule has 0 spiro atoms. The van der Waals surface area contributed by atoms with Gasteiger partial charge in [0.25, 0.3) is 0 Å². The molecule has 1 aromatic rings. The van der Waals surface area contributed by atoms with Gasteiger partial charge < -0.3 is 15.6 Å². The Hall–Kier alpha value is -1.64. The van der Waals surface area contributed by atoms with Gasteiger partial charge in [0.1, 0.15) is 5.75 Å². The topological polar surface area (TPSA) is 55.5 Å². The highest BCUT2D eigenvalue weighted by atomic mass is 16.5. The number of hydrogen-bond donors (Lipinski definition) is 2. The Morgan fingerprint density at radius 1 is 1.62 bits per heavy atom. The highest BCUT2D eigenvalue weighted by molar-refractivity contribution is 5.54. The summed E-state index contributed by atoms with van der Waals surface area (Å²) in [4.78, 5) is 0. The second kappa shape index (κ2) is 3.85. The Balaban J connectivity index is 2.89. The fraction of sp³-hybridized carbons (Fsp3) is 0.200. The molecule has 0 aliphatic heterocycles. The van der Waals surface area contributed by atoms with Crippen LogP contribution in [0, 0.1) is 0 Å². The van der Waals surface area contributed by atoms with Crippen molar-refractivity contribution < 1.29 is 9.84 Å². The minimum Gasteiger partial charge on any atom is -0.513 e. The lowest BCUT2D eigenvalue weighted by atomic mass is 10.1. The van der Waals surface area contributed by atoms with Crippen LogP contribution in [0.5, 0.6) is 5.75 Å². The quantitative estimate of drug-likeness (QED) is 0.550. The molecule has 0 heterocycles. The second-order valence-electron chi connectivity index (χ2n) is 2.82. The van der Waals surface area contributed by atoms with Crippen molar-refractivity contribution in [2.24, 2.45) is 0 Å². The van der Waals surface area contributed by atoms with Crippen LogP contribution < -0.4 is 10.5 Å². The van der Waals surface area contributed by atoms with Crippen LogP contribution in [0.25, 0.3) is 0 Å². The van der Waals surface area contributed by atoms with E-state index in [-0.39, 0.29) is 5.76 Å². The summed E-state index contributed by atoms with van der Waals surface area (Å²) in [6.07, 6.45) is 0.425. The summed E-state index contributed by atoms with van der Waals surface area (Å²) in [6, 6.07) is 5.38. The van der Waals surface area contributed by atoms with E-state index in [0.717, 1.165) is 5.56 Å². The molecule has 0 fully saturated rings. The molecule has 13 heavy (non-hydrogen) atoms. The molecule has 0 amide bonds. The molecule has 0 radical (unpaired) electrons. The zero-order valence-electron chi connectivity index (χ0n) is 7.58. The van der Waals surface area contributed by atoms with Crippen molar-refractivity contribution in [1.82, 2.24) is 0 Å². The van der Waals surface area contributed by atoms with Crippen molar-refractivity contribution in [2.45, 2.75) is 6.42 Å². The molecule has 0 saturated heterocycles. The molecular weight excluding hydrogens is 166 g/mol. The minimum absolute atomic E-state index is 0.129. The van der Waals surface area contributed by atoms with E-state index >= 15 is 0 Å². The normalized spacial score (nSPS) is 9.62. The molecule has 0 bridgehead atoms. The molecule has 0 aromatic heterocycles. The number of anilines is 1. The Morgan fingerprint density at radius 2 is 2.31 bits per heavy atom. The molecule has 0 atom stereocenters. The third-order valence-electron chi connectivity index (χ3n) is 1.70. The predicted octanol–water partition coefficient (Wildman–Crippen LogP) is 1.89. The van der Waals surface area contributed by atoms with Gasteiger partial charge in [0, 0.05) is 6.42 Å². The summed E-state index contributed by atoms with van der Waals surface area (Å²) < 4.78 is 5.00. The van der Waals surface area contributed by atoms with Crippen LogP contribution in [-0.2, 0) is 6.42 Å². The molecular formula is C10H13NO2. The van der Waals surface area contributed by atoms with Crippen LogP contribution in [-0.4, -0.2) is 12.2 Å². The van der Waals surface area contributed by atoms with Crippen molar-refractivity contribution in [3.63, 3.8) is 0 Å². The van der Waals surface area contributed by atoms with Gasteiger partial charge in [-0.25, -0.2) is 0 Å². The summed E-state index contributed by atoms with van der Waals surface area (Å²) in [5.74, 6) is 0.775. The van der Waals surface area contributed by atoms with Gasteiger partial charge in [0.15, 0.2) is 0 Å². The largest absolute Gasteiger partial charge is 0.513 e. The molecule has 0 unspecified atom stereocenters. The Bertz CT molecular complexity index is 321. The predicted molar refractivity (Wildman–Crippen MR) is 52.9 cm³/mol. The molecule has 70 valence electrons. The SMILES string of the molecule is C=C(O)Cc1ccc(OC)c(N)c1. The first kappa shape index (κ1) is 9.45. The van der Waals surface area contributed by atoms with Crippen LogP contribution in [0.4, 0.5) is 5.69 Å². The third-order valence-corrected chi connectivity index (χ3v) is 1.70. The first-order chi connectivity index (χ1) is 6.13. The maximum absolute atomic E-state index is 8.96. The zero-order valence-corrected chi connectivity index (χ0v) is 7.58. The first-order valence-electron chi connectivity index (χ1n) is 3.92. The second-order valence-corrected chi connectivity index (χ2v) is 2.82. The summed E-state index contributed by atoms with van der Waals surface area (Å²) in [5.41, 5.74) is 7.16. The van der Waals surface area contributed by atoms with Gasteiger partial charge in [-0.15, -0.1) is 0 Å². The van der Waals surface area contributed by atoms with Crippen LogP contribution in [0.1, 0.15) is 5.56 Å². The van der Waals surface area contributed by atoms with E-state index in [1.807, 2.05) is 6.07 Å². The summed E-state index contributed by atoms with van der Waals surface area (Å²) in [7, 11) is 1.57. The maximum Gasteiger partial charge on any atom is 0.141 e. The van der Waals surface area contributed by atoms with Gasteiger partial charge >= 0.3 is 0 Å². The number of aliphatic hydroxyl groups excluding tert-OH is 1. The fourth-order valence-corrected chi connectivity index (χ4v) is 1.13. The highest BCUT2D eigenvalue weighted by Crippen LogP contribution is 2.22.